The molecule has 9 heteroatoms. The summed E-state index contributed by atoms with van der Waals surface area (Å²) in [5, 5.41) is 16.9. The molecule has 0 atom stereocenters. The first-order chi connectivity index (χ1) is 15.0. The highest BCUT2D eigenvalue weighted by Crippen LogP contribution is 2.30. The second-order valence-corrected chi connectivity index (χ2v) is 7.63. The number of anilines is 1. The molecule has 0 fully saturated rings. The summed E-state index contributed by atoms with van der Waals surface area (Å²) in [6, 6.07) is 20.5. The first kappa shape index (κ1) is 20.2. The minimum absolute atomic E-state index is 0.113. The van der Waals surface area contributed by atoms with Crippen molar-refractivity contribution < 1.29 is 14.5 Å². The Hall–Kier alpha value is -4.11. The minimum atomic E-state index is -0.582. The Morgan fingerprint density at radius 3 is 2.52 bits per heavy atom. The fourth-order valence-corrected chi connectivity index (χ4v) is 3.89. The summed E-state index contributed by atoms with van der Waals surface area (Å²) in [6.07, 6.45) is 0. The number of non-ortho nitro benzene ring substituents is 1. The van der Waals surface area contributed by atoms with Crippen LogP contribution >= 0.6 is 11.3 Å². The topological polar surface area (TPSA) is 114 Å². The van der Waals surface area contributed by atoms with Crippen LogP contribution in [-0.4, -0.2) is 28.3 Å². The largest absolute Gasteiger partial charge is 0.343 e. The van der Waals surface area contributed by atoms with Gasteiger partial charge >= 0.3 is 0 Å². The molecule has 0 radical (unpaired) electrons. The van der Waals surface area contributed by atoms with E-state index in [2.05, 4.69) is 15.6 Å². The standard InChI is InChI=1S/C22H16N4O4S/c27-20(13-23-21(28)15-4-3-5-17(12-15)26(29)30)24-16-10-8-14(9-11-16)22-25-18-6-1-2-7-19(18)31-22/h1-12H,13H2,(H,23,28)(H,24,27). The number of para-hydroxylation sites is 1. The number of thiazole rings is 1. The zero-order chi connectivity index (χ0) is 21.8. The first-order valence-corrected chi connectivity index (χ1v) is 10.1. The molecule has 3 aromatic carbocycles. The first-order valence-electron chi connectivity index (χ1n) is 9.28. The molecule has 0 aliphatic heterocycles. The van der Waals surface area contributed by atoms with E-state index in [0.717, 1.165) is 26.9 Å². The molecule has 4 aromatic rings. The lowest BCUT2D eigenvalue weighted by Crippen LogP contribution is -2.32. The third kappa shape index (κ3) is 4.73. The van der Waals surface area contributed by atoms with Gasteiger partial charge in [-0.3, -0.25) is 19.7 Å². The molecule has 2 N–H and O–H groups in total. The number of amides is 2. The van der Waals surface area contributed by atoms with E-state index in [1.54, 1.807) is 23.5 Å². The number of aromatic nitrogens is 1. The quantitative estimate of drug-likeness (QED) is 0.349. The second kappa shape index (κ2) is 8.72. The number of carbonyl (C=O) groups excluding carboxylic acids is 2. The average Bonchev–Trinajstić information content (AvgIpc) is 3.22. The number of nitro benzene ring substituents is 1. The highest BCUT2D eigenvalue weighted by atomic mass is 32.1. The minimum Gasteiger partial charge on any atom is -0.343 e. The van der Waals surface area contributed by atoms with Gasteiger partial charge in [0.2, 0.25) is 5.91 Å². The van der Waals surface area contributed by atoms with Crippen molar-refractivity contribution in [3.05, 3.63) is 88.5 Å². The molecule has 0 unspecified atom stereocenters. The molecule has 1 heterocycles. The van der Waals surface area contributed by atoms with E-state index in [0.29, 0.717) is 5.69 Å². The van der Waals surface area contributed by atoms with E-state index in [1.165, 1.54) is 18.2 Å². The third-order valence-corrected chi connectivity index (χ3v) is 5.52. The van der Waals surface area contributed by atoms with Crippen LogP contribution in [0.1, 0.15) is 10.4 Å². The molecular formula is C22H16N4O4S. The monoisotopic (exact) mass is 432 g/mol. The van der Waals surface area contributed by atoms with E-state index in [4.69, 9.17) is 0 Å². The molecule has 4 rings (SSSR count). The smallest absolute Gasteiger partial charge is 0.270 e. The molecule has 31 heavy (non-hydrogen) atoms. The van der Waals surface area contributed by atoms with Crippen LogP contribution in [0, 0.1) is 10.1 Å². The van der Waals surface area contributed by atoms with Gasteiger partial charge in [-0.2, -0.15) is 0 Å². The fourth-order valence-electron chi connectivity index (χ4n) is 2.92. The molecule has 154 valence electrons. The molecule has 0 bridgehead atoms. The summed E-state index contributed by atoms with van der Waals surface area (Å²) in [4.78, 5) is 39.1. The van der Waals surface area contributed by atoms with Crippen molar-refractivity contribution in [2.45, 2.75) is 0 Å². The normalized spacial score (nSPS) is 10.6. The van der Waals surface area contributed by atoms with Gasteiger partial charge in [0.05, 0.1) is 21.7 Å². The van der Waals surface area contributed by atoms with Gasteiger partial charge in [-0.1, -0.05) is 18.2 Å². The van der Waals surface area contributed by atoms with Gasteiger partial charge in [0.15, 0.2) is 0 Å². The van der Waals surface area contributed by atoms with Crippen LogP contribution in [0.3, 0.4) is 0 Å². The highest BCUT2D eigenvalue weighted by molar-refractivity contribution is 7.21. The molecule has 2 amide bonds. The number of carbonyl (C=O) groups is 2. The molecule has 1 aromatic heterocycles. The Morgan fingerprint density at radius 2 is 1.77 bits per heavy atom. The molecule has 0 aliphatic rings. The lowest BCUT2D eigenvalue weighted by molar-refractivity contribution is -0.384. The van der Waals surface area contributed by atoms with E-state index in [9.17, 15) is 19.7 Å². The summed E-state index contributed by atoms with van der Waals surface area (Å²) in [6.45, 7) is -0.263. The van der Waals surface area contributed by atoms with E-state index in [-0.39, 0.29) is 17.8 Å². The van der Waals surface area contributed by atoms with Gasteiger partial charge in [0, 0.05) is 28.9 Å². The number of nitrogens with one attached hydrogen (secondary N) is 2. The number of nitrogens with zero attached hydrogens (tertiary/aromatic N) is 2. The van der Waals surface area contributed by atoms with Crippen molar-refractivity contribution in [2.75, 3.05) is 11.9 Å². The maximum Gasteiger partial charge on any atom is 0.270 e. The molecule has 8 nitrogen and oxygen atoms in total. The Balaban J connectivity index is 1.35. The maximum absolute atomic E-state index is 12.2. The number of fused-ring (bicyclic) bond motifs is 1. The zero-order valence-corrected chi connectivity index (χ0v) is 16.9. The lowest BCUT2D eigenvalue weighted by atomic mass is 10.2. The summed E-state index contributed by atoms with van der Waals surface area (Å²) < 4.78 is 1.11. The number of rotatable bonds is 6. The predicted octanol–water partition coefficient (Wildman–Crippen LogP) is 4.24. The molecular weight excluding hydrogens is 416 g/mol. The third-order valence-electron chi connectivity index (χ3n) is 4.44. The Labute approximate surface area is 180 Å². The zero-order valence-electron chi connectivity index (χ0n) is 16.1. The van der Waals surface area contributed by atoms with Crippen molar-refractivity contribution in [3.8, 4) is 10.6 Å². The van der Waals surface area contributed by atoms with E-state index in [1.807, 2.05) is 36.4 Å². The molecule has 0 aliphatic carbocycles. The van der Waals surface area contributed by atoms with Gasteiger partial charge in [0.1, 0.15) is 5.01 Å². The van der Waals surface area contributed by atoms with Gasteiger partial charge in [-0.05, 0) is 42.5 Å². The summed E-state index contributed by atoms with van der Waals surface area (Å²) in [7, 11) is 0. The van der Waals surface area contributed by atoms with E-state index < -0.39 is 16.7 Å². The van der Waals surface area contributed by atoms with Crippen molar-refractivity contribution in [1.82, 2.24) is 10.3 Å². The van der Waals surface area contributed by atoms with Crippen LogP contribution in [-0.2, 0) is 4.79 Å². The Kier molecular flexibility index (Phi) is 5.67. The Morgan fingerprint density at radius 1 is 1.00 bits per heavy atom. The maximum atomic E-state index is 12.2. The highest BCUT2D eigenvalue weighted by Gasteiger charge is 2.13. The predicted molar refractivity (Wildman–Crippen MR) is 119 cm³/mol. The van der Waals surface area contributed by atoms with E-state index >= 15 is 0 Å². The molecule has 0 saturated carbocycles. The van der Waals surface area contributed by atoms with Crippen molar-refractivity contribution in [3.63, 3.8) is 0 Å². The van der Waals surface area contributed by atoms with Crippen LogP contribution in [0.15, 0.2) is 72.8 Å². The number of nitro groups is 1. The summed E-state index contributed by atoms with van der Waals surface area (Å²) in [5.74, 6) is -0.975. The van der Waals surface area contributed by atoms with Crippen LogP contribution in [0.2, 0.25) is 0 Å². The lowest BCUT2D eigenvalue weighted by Gasteiger charge is -2.07. The van der Waals surface area contributed by atoms with Gasteiger partial charge < -0.3 is 10.6 Å². The van der Waals surface area contributed by atoms with Crippen molar-refractivity contribution >= 4 is 44.7 Å². The number of hydrogen-bond donors (Lipinski definition) is 2. The number of hydrogen-bond acceptors (Lipinski definition) is 6. The SMILES string of the molecule is O=C(CNC(=O)c1cccc([N+](=O)[O-])c1)Nc1ccc(-c2nc3ccccc3s2)cc1. The second-order valence-electron chi connectivity index (χ2n) is 6.60. The van der Waals surface area contributed by atoms with Crippen molar-refractivity contribution in [1.29, 1.82) is 0 Å². The average molecular weight is 432 g/mol. The molecule has 0 spiro atoms. The van der Waals surface area contributed by atoms with Crippen molar-refractivity contribution in [2.24, 2.45) is 0 Å². The summed E-state index contributed by atoms with van der Waals surface area (Å²) >= 11 is 1.59. The Bertz CT molecular complexity index is 1250. The van der Waals surface area contributed by atoms with Crippen LogP contribution < -0.4 is 10.6 Å². The van der Waals surface area contributed by atoms with Gasteiger partial charge in [0.25, 0.3) is 11.6 Å². The van der Waals surface area contributed by atoms with Crippen LogP contribution in [0.5, 0.6) is 0 Å². The summed E-state index contributed by atoms with van der Waals surface area (Å²) in [5.41, 5.74) is 2.39. The molecule has 0 saturated heterocycles. The van der Waals surface area contributed by atoms with Gasteiger partial charge in [-0.25, -0.2) is 4.98 Å². The van der Waals surface area contributed by atoms with Gasteiger partial charge in [-0.15, -0.1) is 11.3 Å². The van der Waals surface area contributed by atoms with Crippen LogP contribution in [0.4, 0.5) is 11.4 Å². The van der Waals surface area contributed by atoms with Crippen LogP contribution in [0.25, 0.3) is 20.8 Å². The number of benzene rings is 3. The fraction of sp³-hybridized carbons (Fsp3) is 0.0455.